The highest BCUT2D eigenvalue weighted by Gasteiger charge is 2.09. The summed E-state index contributed by atoms with van der Waals surface area (Å²) in [4.78, 5) is 10.9. The predicted octanol–water partition coefficient (Wildman–Crippen LogP) is 0.916. The van der Waals surface area contributed by atoms with Crippen LogP contribution in [0.25, 0.3) is 0 Å². The monoisotopic (exact) mass is 274 g/mol. The van der Waals surface area contributed by atoms with Gasteiger partial charge in [-0.2, -0.15) is 0 Å². The molecule has 0 aliphatic carbocycles. The van der Waals surface area contributed by atoms with Crippen LogP contribution in [0.5, 0.6) is 0 Å². The number of nitrogens with one attached hydrogen (secondary N) is 2. The van der Waals surface area contributed by atoms with Crippen molar-refractivity contribution in [2.24, 2.45) is 5.92 Å². The first kappa shape index (κ1) is 18.4. The highest BCUT2D eigenvalue weighted by atomic mass is 16.5. The topological polar surface area (TPSA) is 70.6 Å². The minimum Gasteiger partial charge on any atom is -0.389 e. The second-order valence-corrected chi connectivity index (χ2v) is 4.91. The summed E-state index contributed by atoms with van der Waals surface area (Å²) in [6.07, 6.45) is 4.19. The van der Waals surface area contributed by atoms with Crippen molar-refractivity contribution in [1.29, 1.82) is 0 Å². The zero-order chi connectivity index (χ0) is 14.5. The first-order valence-corrected chi connectivity index (χ1v) is 7.31. The number of likely N-dealkylation sites (N-methyl/N-ethyl adjacent to an activating group) is 1. The van der Waals surface area contributed by atoms with Gasteiger partial charge < -0.3 is 20.5 Å². The minimum atomic E-state index is -0.562. The smallest absolute Gasteiger partial charge is 0.233 e. The first-order chi connectivity index (χ1) is 9.13. The standard InChI is InChI=1S/C14H30N2O3/c1-4-6-7-12(5-2)10-19-11-13(17)8-16-9-14(18)15-3/h12-13,16-17H,4-11H2,1-3H3,(H,15,18). The second-order valence-electron chi connectivity index (χ2n) is 4.91. The highest BCUT2D eigenvalue weighted by Crippen LogP contribution is 2.12. The number of amides is 1. The van der Waals surface area contributed by atoms with Crippen LogP contribution in [0.3, 0.4) is 0 Å². The third-order valence-electron chi connectivity index (χ3n) is 3.15. The highest BCUT2D eigenvalue weighted by molar-refractivity contribution is 5.77. The molecule has 5 heteroatoms. The van der Waals surface area contributed by atoms with E-state index in [1.807, 2.05) is 0 Å². The normalized spacial score (nSPS) is 14.1. The van der Waals surface area contributed by atoms with E-state index in [4.69, 9.17) is 4.74 Å². The number of aliphatic hydroxyl groups is 1. The Morgan fingerprint density at radius 1 is 1.32 bits per heavy atom. The van der Waals surface area contributed by atoms with Crippen molar-refractivity contribution < 1.29 is 14.6 Å². The van der Waals surface area contributed by atoms with E-state index >= 15 is 0 Å². The van der Waals surface area contributed by atoms with E-state index in [2.05, 4.69) is 24.5 Å². The Morgan fingerprint density at radius 2 is 2.05 bits per heavy atom. The fraction of sp³-hybridized carbons (Fsp3) is 0.929. The molecule has 0 aliphatic rings. The molecule has 2 unspecified atom stereocenters. The van der Waals surface area contributed by atoms with Crippen LogP contribution in [0.15, 0.2) is 0 Å². The van der Waals surface area contributed by atoms with Crippen molar-refractivity contribution in [3.05, 3.63) is 0 Å². The molecule has 0 aromatic rings. The summed E-state index contributed by atoms with van der Waals surface area (Å²) in [6.45, 7) is 5.99. The van der Waals surface area contributed by atoms with E-state index in [9.17, 15) is 9.90 Å². The number of aliphatic hydroxyl groups excluding tert-OH is 1. The number of unbranched alkanes of at least 4 members (excludes halogenated alkanes) is 1. The van der Waals surface area contributed by atoms with Crippen LogP contribution in [0, 0.1) is 5.92 Å². The molecule has 0 aromatic carbocycles. The molecule has 0 saturated carbocycles. The molecule has 114 valence electrons. The second kappa shape index (κ2) is 12.4. The minimum absolute atomic E-state index is 0.0845. The van der Waals surface area contributed by atoms with Crippen LogP contribution >= 0.6 is 0 Å². The summed E-state index contributed by atoms with van der Waals surface area (Å²) in [7, 11) is 1.59. The number of hydrogen-bond acceptors (Lipinski definition) is 4. The molecule has 19 heavy (non-hydrogen) atoms. The van der Waals surface area contributed by atoms with Crippen LogP contribution in [0.2, 0.25) is 0 Å². The Labute approximate surface area is 117 Å². The summed E-state index contributed by atoms with van der Waals surface area (Å²) in [5, 5.41) is 15.1. The van der Waals surface area contributed by atoms with Gasteiger partial charge in [0.1, 0.15) is 0 Å². The van der Waals surface area contributed by atoms with Gasteiger partial charge in [0, 0.05) is 20.2 Å². The summed E-state index contributed by atoms with van der Waals surface area (Å²) in [6, 6.07) is 0. The maximum Gasteiger partial charge on any atom is 0.233 e. The Bertz CT molecular complexity index is 225. The number of hydrogen-bond donors (Lipinski definition) is 3. The molecule has 0 saturated heterocycles. The number of ether oxygens (including phenoxy) is 1. The van der Waals surface area contributed by atoms with Crippen molar-refractivity contribution in [2.75, 3.05) is 33.4 Å². The van der Waals surface area contributed by atoms with E-state index in [0.717, 1.165) is 6.42 Å². The molecule has 3 N–H and O–H groups in total. The number of carbonyl (C=O) groups excluding carboxylic acids is 1. The Kier molecular flexibility index (Phi) is 12.0. The Balaban J connectivity index is 3.55. The molecular formula is C14H30N2O3. The van der Waals surface area contributed by atoms with E-state index in [1.165, 1.54) is 19.3 Å². The van der Waals surface area contributed by atoms with Gasteiger partial charge in [0.2, 0.25) is 5.91 Å². The van der Waals surface area contributed by atoms with E-state index < -0.39 is 6.10 Å². The Morgan fingerprint density at radius 3 is 2.63 bits per heavy atom. The lowest BCUT2D eigenvalue weighted by Gasteiger charge is -2.17. The molecule has 2 atom stereocenters. The zero-order valence-electron chi connectivity index (χ0n) is 12.6. The van der Waals surface area contributed by atoms with Gasteiger partial charge in [0.05, 0.1) is 19.3 Å². The van der Waals surface area contributed by atoms with Gasteiger partial charge >= 0.3 is 0 Å². The molecule has 0 rings (SSSR count). The Hall–Kier alpha value is -0.650. The molecule has 1 amide bonds. The van der Waals surface area contributed by atoms with E-state index in [0.29, 0.717) is 25.7 Å². The van der Waals surface area contributed by atoms with Gasteiger partial charge in [-0.1, -0.05) is 33.1 Å². The molecule has 0 fully saturated rings. The molecule has 0 aromatic heterocycles. The van der Waals surface area contributed by atoms with Gasteiger partial charge in [0.25, 0.3) is 0 Å². The average molecular weight is 274 g/mol. The van der Waals surface area contributed by atoms with Gasteiger partial charge in [0.15, 0.2) is 0 Å². The predicted molar refractivity (Wildman–Crippen MR) is 77.1 cm³/mol. The number of carbonyl (C=O) groups is 1. The first-order valence-electron chi connectivity index (χ1n) is 7.31. The number of rotatable bonds is 12. The third-order valence-corrected chi connectivity index (χ3v) is 3.15. The summed E-state index contributed by atoms with van der Waals surface area (Å²) < 4.78 is 5.54. The lowest BCUT2D eigenvalue weighted by Crippen LogP contribution is -2.37. The molecule has 0 heterocycles. The molecular weight excluding hydrogens is 244 g/mol. The molecule has 0 aliphatic heterocycles. The van der Waals surface area contributed by atoms with Crippen molar-refractivity contribution >= 4 is 5.91 Å². The summed E-state index contributed by atoms with van der Waals surface area (Å²) in [5.74, 6) is 0.504. The zero-order valence-corrected chi connectivity index (χ0v) is 12.6. The fourth-order valence-corrected chi connectivity index (χ4v) is 1.77. The molecule has 0 bridgehead atoms. The van der Waals surface area contributed by atoms with Crippen LogP contribution in [0.1, 0.15) is 39.5 Å². The van der Waals surface area contributed by atoms with Gasteiger partial charge in [-0.15, -0.1) is 0 Å². The van der Waals surface area contributed by atoms with E-state index in [1.54, 1.807) is 7.05 Å². The van der Waals surface area contributed by atoms with Crippen LogP contribution < -0.4 is 10.6 Å². The van der Waals surface area contributed by atoms with Crippen molar-refractivity contribution in [2.45, 2.75) is 45.6 Å². The van der Waals surface area contributed by atoms with Gasteiger partial charge in [-0.05, 0) is 12.3 Å². The van der Waals surface area contributed by atoms with Crippen LogP contribution in [-0.2, 0) is 9.53 Å². The van der Waals surface area contributed by atoms with Crippen molar-refractivity contribution in [3.63, 3.8) is 0 Å². The fourth-order valence-electron chi connectivity index (χ4n) is 1.77. The molecule has 5 nitrogen and oxygen atoms in total. The lowest BCUT2D eigenvalue weighted by molar-refractivity contribution is -0.119. The van der Waals surface area contributed by atoms with E-state index in [-0.39, 0.29) is 12.5 Å². The van der Waals surface area contributed by atoms with Crippen LogP contribution in [-0.4, -0.2) is 50.5 Å². The van der Waals surface area contributed by atoms with Crippen LogP contribution in [0.4, 0.5) is 0 Å². The third kappa shape index (κ3) is 10.9. The lowest BCUT2D eigenvalue weighted by atomic mass is 10.0. The average Bonchev–Trinajstić information content (AvgIpc) is 2.42. The van der Waals surface area contributed by atoms with Gasteiger partial charge in [-0.3, -0.25) is 4.79 Å². The van der Waals surface area contributed by atoms with Gasteiger partial charge in [-0.25, -0.2) is 0 Å². The molecule has 0 spiro atoms. The van der Waals surface area contributed by atoms with Crippen molar-refractivity contribution in [1.82, 2.24) is 10.6 Å². The SMILES string of the molecule is CCCCC(CC)COCC(O)CNCC(=O)NC. The quantitative estimate of drug-likeness (QED) is 0.495. The molecule has 0 radical (unpaired) electrons. The summed E-state index contributed by atoms with van der Waals surface area (Å²) >= 11 is 0. The summed E-state index contributed by atoms with van der Waals surface area (Å²) in [5.41, 5.74) is 0. The van der Waals surface area contributed by atoms with Crippen molar-refractivity contribution in [3.8, 4) is 0 Å². The largest absolute Gasteiger partial charge is 0.389 e. The maximum atomic E-state index is 10.9. The maximum absolute atomic E-state index is 10.9.